The lowest BCUT2D eigenvalue weighted by Gasteiger charge is -2.46. The molecule has 0 radical (unpaired) electrons. The van der Waals surface area contributed by atoms with E-state index in [4.69, 9.17) is 47.7 Å². The molecule has 0 aromatic heterocycles. The van der Waals surface area contributed by atoms with Crippen LogP contribution in [0, 0.1) is 17.8 Å². The zero-order valence-electron chi connectivity index (χ0n) is 29.1. The van der Waals surface area contributed by atoms with Gasteiger partial charge >= 0.3 is 0 Å². The van der Waals surface area contributed by atoms with E-state index >= 15 is 0 Å². The Balaban J connectivity index is 1.49. The SMILES string of the molecule is CO[C@@H]1OC(C)[C@@H](O)[C@H](CO[C@@H]2OC(C)[C@@H](OOS(=O)[O-])[C@H](CO[C@@H]3OC(C)[C@@H](OOS(=O)[O-])[C@H](CO[C@@H]4OC(C)[C@@H](O)[C@H](O)C4O)C3O)C2O)C1O. The van der Waals surface area contributed by atoms with Crippen molar-refractivity contribution >= 4 is 22.7 Å². The van der Waals surface area contributed by atoms with Gasteiger partial charge in [0.05, 0.1) is 50.3 Å². The predicted octanol–water partition coefficient (Wildman–Crippen LogP) is -4.74. The monoisotopic (exact) mass is 816 g/mol. The summed E-state index contributed by atoms with van der Waals surface area (Å²) in [5, 5.41) is 74.6. The molecule has 23 nitrogen and oxygen atoms in total. The van der Waals surface area contributed by atoms with Gasteiger partial charge in [0.2, 0.25) is 0 Å². The third-order valence-corrected chi connectivity index (χ3v) is 10.1. The van der Waals surface area contributed by atoms with Gasteiger partial charge in [0.15, 0.2) is 25.2 Å². The smallest absolute Gasteiger partial charge is 0.186 e. The highest BCUT2D eigenvalue weighted by Crippen LogP contribution is 2.35. The number of aliphatic hydroxyl groups is 7. The minimum atomic E-state index is -3.15. The van der Waals surface area contributed by atoms with Crippen molar-refractivity contribution in [3.8, 4) is 0 Å². The zero-order valence-corrected chi connectivity index (χ0v) is 30.8. The highest BCUT2D eigenvalue weighted by molar-refractivity contribution is 7.74. The molecule has 7 N–H and O–H groups in total. The fourth-order valence-electron chi connectivity index (χ4n) is 6.63. The van der Waals surface area contributed by atoms with Crippen molar-refractivity contribution in [2.45, 2.75) is 132 Å². The maximum atomic E-state index is 11.4. The van der Waals surface area contributed by atoms with E-state index in [9.17, 15) is 53.3 Å². The molecule has 312 valence electrons. The summed E-state index contributed by atoms with van der Waals surface area (Å²) in [5.41, 5.74) is 0. The quantitative estimate of drug-likeness (QED) is 0.0437. The summed E-state index contributed by atoms with van der Waals surface area (Å²) in [5.74, 6) is -3.43. The predicted molar refractivity (Wildman–Crippen MR) is 164 cm³/mol. The van der Waals surface area contributed by atoms with Gasteiger partial charge in [-0.1, -0.05) is 0 Å². The fraction of sp³-hybridized carbons (Fsp3) is 1.00. The molecular formula is C28H48O23S2-2. The van der Waals surface area contributed by atoms with Crippen LogP contribution in [0.5, 0.6) is 0 Å². The third kappa shape index (κ3) is 11.1. The zero-order chi connectivity index (χ0) is 39.3. The molecule has 0 aromatic rings. The number of methoxy groups -OCH3 is 1. The molecule has 4 rings (SSSR count). The first-order valence-corrected chi connectivity index (χ1v) is 18.6. The molecular weight excluding hydrogens is 768 g/mol. The van der Waals surface area contributed by atoms with Crippen LogP contribution in [0.25, 0.3) is 0 Å². The molecule has 25 heteroatoms. The van der Waals surface area contributed by atoms with Gasteiger partial charge in [0.25, 0.3) is 0 Å². The molecule has 4 saturated heterocycles. The van der Waals surface area contributed by atoms with E-state index in [1.165, 1.54) is 27.9 Å². The van der Waals surface area contributed by atoms with Gasteiger partial charge in [-0.2, -0.15) is 0 Å². The summed E-state index contributed by atoms with van der Waals surface area (Å²) in [6.07, 6.45) is -22.9. The second-order valence-corrected chi connectivity index (χ2v) is 14.3. The fourth-order valence-corrected chi connectivity index (χ4v) is 6.94. The van der Waals surface area contributed by atoms with Crippen molar-refractivity contribution in [1.29, 1.82) is 0 Å². The summed E-state index contributed by atoms with van der Waals surface area (Å²) in [6, 6.07) is 0. The standard InChI is InChI=1S/C28H50O23S2/c1-9-16(29)13(18(31)25(40-5)44-9)6-41-26-19(32)14(23(11(3)46-26)48-50-52(36)37)7-42-27-20(33)15(24(12(4)47-27)49-51-53(38)39)8-43-28-22(35)21(34)17(30)10(2)45-28/h9-35H,6-8H2,1-5H3,(H,36,37)(H,38,39)/p-2/t9?,10?,11?,12?,13-,14+,15+,16+,17+,18?,19?,20?,21-,22?,23+,24+,25+,26+,27+,28+/m0/s1. The molecule has 4 fully saturated rings. The van der Waals surface area contributed by atoms with Gasteiger partial charge in [0.1, 0.15) is 71.6 Å². The van der Waals surface area contributed by atoms with Crippen molar-refractivity contribution in [3.05, 3.63) is 0 Å². The number of rotatable bonds is 16. The highest BCUT2D eigenvalue weighted by atomic mass is 32.2. The molecule has 0 amide bonds. The van der Waals surface area contributed by atoms with E-state index in [0.29, 0.717) is 0 Å². The first-order chi connectivity index (χ1) is 25.0. The van der Waals surface area contributed by atoms with Crippen LogP contribution in [0.15, 0.2) is 0 Å². The first-order valence-electron chi connectivity index (χ1n) is 16.6. The van der Waals surface area contributed by atoms with Crippen molar-refractivity contribution in [2.75, 3.05) is 26.9 Å². The Morgan fingerprint density at radius 3 is 1.28 bits per heavy atom. The topological polar surface area (TPSA) is 333 Å². The van der Waals surface area contributed by atoms with E-state index < -0.39 is 158 Å². The number of hydrogen-bond acceptors (Lipinski definition) is 23. The molecule has 4 heterocycles. The van der Waals surface area contributed by atoms with Gasteiger partial charge in [-0.25, -0.2) is 18.2 Å². The van der Waals surface area contributed by atoms with Crippen molar-refractivity contribution < 1.29 is 110 Å². The van der Waals surface area contributed by atoms with Crippen LogP contribution in [0.1, 0.15) is 27.7 Å². The Morgan fingerprint density at radius 1 is 0.491 bits per heavy atom. The second kappa shape index (κ2) is 20.2. The molecule has 10 unspecified atom stereocenters. The minimum absolute atomic E-state index is 0.361. The van der Waals surface area contributed by atoms with Crippen LogP contribution in [0.4, 0.5) is 0 Å². The second-order valence-electron chi connectivity index (χ2n) is 13.2. The van der Waals surface area contributed by atoms with E-state index in [1.54, 1.807) is 6.92 Å². The largest absolute Gasteiger partial charge is 0.748 e. The summed E-state index contributed by atoms with van der Waals surface area (Å²) in [7, 11) is 1.31. The minimum Gasteiger partial charge on any atom is -0.748 e. The summed E-state index contributed by atoms with van der Waals surface area (Å²) < 4.78 is 97.9. The summed E-state index contributed by atoms with van der Waals surface area (Å²) in [4.78, 5) is 10.0. The normalized spacial score (nSPS) is 48.0. The van der Waals surface area contributed by atoms with Crippen LogP contribution in [-0.2, 0) is 79.1 Å². The molecule has 0 spiro atoms. The van der Waals surface area contributed by atoms with E-state index in [0.717, 1.165) is 0 Å². The van der Waals surface area contributed by atoms with Crippen molar-refractivity contribution in [1.82, 2.24) is 0 Å². The van der Waals surface area contributed by atoms with E-state index in [-0.39, 0.29) is 6.61 Å². The average Bonchev–Trinajstić information content (AvgIpc) is 3.10. The maximum Gasteiger partial charge on any atom is 0.186 e. The molecule has 0 bridgehead atoms. The van der Waals surface area contributed by atoms with Crippen LogP contribution in [-0.4, -0.2) is 185 Å². The molecule has 4 aliphatic rings. The highest BCUT2D eigenvalue weighted by Gasteiger charge is 2.51. The van der Waals surface area contributed by atoms with Crippen LogP contribution >= 0.6 is 0 Å². The van der Waals surface area contributed by atoms with Gasteiger partial charge < -0.3 is 82.7 Å². The molecule has 0 saturated carbocycles. The Hall–Kier alpha value is -0.540. The van der Waals surface area contributed by atoms with Crippen LogP contribution in [0.2, 0.25) is 0 Å². The van der Waals surface area contributed by atoms with Gasteiger partial charge in [-0.05, 0) is 27.7 Å². The van der Waals surface area contributed by atoms with Crippen LogP contribution < -0.4 is 0 Å². The molecule has 0 aliphatic carbocycles. The van der Waals surface area contributed by atoms with E-state index in [1.807, 2.05) is 0 Å². The lowest BCUT2D eigenvalue weighted by molar-refractivity contribution is -0.372. The first kappa shape index (κ1) is 45.2. The molecule has 53 heavy (non-hydrogen) atoms. The molecule has 4 aliphatic heterocycles. The summed E-state index contributed by atoms with van der Waals surface area (Å²) in [6.45, 7) is 4.38. The van der Waals surface area contributed by atoms with E-state index in [2.05, 4.69) is 8.67 Å². The molecule has 22 atom stereocenters. The lowest BCUT2D eigenvalue weighted by atomic mass is 9.88. The van der Waals surface area contributed by atoms with Gasteiger partial charge in [-0.15, -0.1) is 8.67 Å². The molecule has 0 aromatic carbocycles. The third-order valence-electron chi connectivity index (χ3n) is 9.70. The summed E-state index contributed by atoms with van der Waals surface area (Å²) >= 11 is -6.31. The van der Waals surface area contributed by atoms with Crippen LogP contribution in [0.3, 0.4) is 0 Å². The Morgan fingerprint density at radius 2 is 0.849 bits per heavy atom. The van der Waals surface area contributed by atoms with Gasteiger partial charge in [-0.3, -0.25) is 0 Å². The number of hydrogen-bond donors (Lipinski definition) is 7. The number of ether oxygens (including phenoxy) is 8. The average molecular weight is 817 g/mol. The van der Waals surface area contributed by atoms with Gasteiger partial charge in [0, 0.05) is 24.9 Å². The van der Waals surface area contributed by atoms with Crippen molar-refractivity contribution in [3.63, 3.8) is 0 Å². The van der Waals surface area contributed by atoms with Crippen molar-refractivity contribution in [2.24, 2.45) is 17.8 Å². The number of aliphatic hydroxyl groups excluding tert-OH is 7. The Bertz CT molecular complexity index is 1180. The maximum absolute atomic E-state index is 11.4. The Labute approximate surface area is 309 Å². The lowest BCUT2D eigenvalue weighted by Crippen LogP contribution is -2.60. The Kier molecular flexibility index (Phi) is 17.2.